The molecule has 0 radical (unpaired) electrons. The number of methoxy groups -OCH3 is 1. The fourth-order valence-electron chi connectivity index (χ4n) is 5.58. The minimum Gasteiger partial charge on any atom is -0.381 e. The number of sulfonamides is 1. The van der Waals surface area contributed by atoms with E-state index in [1.807, 2.05) is 0 Å². The average molecular weight is 356 g/mol. The molecule has 1 spiro atoms. The lowest BCUT2D eigenvalue weighted by Crippen LogP contribution is -2.75. The molecule has 0 N–H and O–H groups in total. The van der Waals surface area contributed by atoms with Gasteiger partial charge < -0.3 is 4.74 Å². The van der Waals surface area contributed by atoms with Gasteiger partial charge in [0.2, 0.25) is 15.9 Å². The molecule has 1 amide bonds. The van der Waals surface area contributed by atoms with Crippen LogP contribution in [0.3, 0.4) is 0 Å². The Labute approximate surface area is 145 Å². The molecule has 2 saturated carbocycles. The van der Waals surface area contributed by atoms with E-state index in [0.717, 1.165) is 19.3 Å². The summed E-state index contributed by atoms with van der Waals surface area (Å²) < 4.78 is 32.2. The van der Waals surface area contributed by atoms with Crippen molar-refractivity contribution in [1.29, 1.82) is 0 Å². The van der Waals surface area contributed by atoms with Gasteiger partial charge in [-0.15, -0.1) is 6.58 Å². The number of allylic oxidation sites excluding steroid dienone is 1. The van der Waals surface area contributed by atoms with E-state index in [-0.39, 0.29) is 23.5 Å². The molecule has 24 heavy (non-hydrogen) atoms. The van der Waals surface area contributed by atoms with Crippen LogP contribution in [-0.2, 0) is 19.6 Å². The van der Waals surface area contributed by atoms with Gasteiger partial charge in [0, 0.05) is 7.11 Å². The summed E-state index contributed by atoms with van der Waals surface area (Å²) >= 11 is 0. The summed E-state index contributed by atoms with van der Waals surface area (Å²) in [5, 5.41) is 0. The molecular formula is C18H29NO4S. The number of carbonyl (C=O) groups excluding carboxylic acids is 1. The maximum absolute atomic E-state index is 13.1. The molecule has 3 fully saturated rings. The van der Waals surface area contributed by atoms with Crippen LogP contribution in [0.1, 0.15) is 52.9 Å². The quantitative estimate of drug-likeness (QED) is 0.687. The van der Waals surface area contributed by atoms with Crippen LogP contribution in [-0.4, -0.2) is 42.6 Å². The summed E-state index contributed by atoms with van der Waals surface area (Å²) in [5.74, 6) is -0.376. The van der Waals surface area contributed by atoms with Crippen LogP contribution in [0.4, 0.5) is 0 Å². The van der Waals surface area contributed by atoms with Gasteiger partial charge >= 0.3 is 0 Å². The van der Waals surface area contributed by atoms with E-state index >= 15 is 0 Å². The largest absolute Gasteiger partial charge is 0.381 e. The SMILES string of the molecule is C=CCC[C@@H](OC)[C@@H](C)C(=O)N1[C@H]2CC3CCC2(C3(C)C)S1(=O)=O. The fourth-order valence-corrected chi connectivity index (χ4v) is 8.53. The first kappa shape index (κ1) is 17.9. The van der Waals surface area contributed by atoms with Crippen molar-refractivity contribution in [2.45, 2.75) is 69.8 Å². The standard InChI is InChI=1S/C18H29NO4S/c1-6-7-8-14(23-5)12(2)16(20)19-15-11-13-9-10-18(15,17(13,3)4)24(19,21)22/h6,12-15H,1,7-11H2,2-5H3/t12-,13?,14-,15+,18?/m1/s1. The number of hydrogen-bond donors (Lipinski definition) is 0. The maximum atomic E-state index is 13.1. The molecule has 3 aliphatic rings. The van der Waals surface area contributed by atoms with Crippen molar-refractivity contribution < 1.29 is 17.9 Å². The van der Waals surface area contributed by atoms with Gasteiger partial charge in [0.15, 0.2) is 0 Å². The summed E-state index contributed by atoms with van der Waals surface area (Å²) in [6, 6.07) is -0.150. The second kappa shape index (κ2) is 5.56. The van der Waals surface area contributed by atoms with E-state index in [2.05, 4.69) is 20.4 Å². The predicted molar refractivity (Wildman–Crippen MR) is 92.8 cm³/mol. The molecule has 1 saturated heterocycles. The van der Waals surface area contributed by atoms with Gasteiger partial charge in [0.25, 0.3) is 0 Å². The summed E-state index contributed by atoms with van der Waals surface area (Å²) in [6.45, 7) is 9.60. The molecule has 0 aromatic heterocycles. The summed E-state index contributed by atoms with van der Waals surface area (Å²) in [5.41, 5.74) is -0.236. The van der Waals surface area contributed by atoms with Gasteiger partial charge in [-0.2, -0.15) is 0 Å². The molecule has 2 unspecified atom stereocenters. The van der Waals surface area contributed by atoms with Crippen LogP contribution in [0.2, 0.25) is 0 Å². The van der Waals surface area contributed by atoms with Gasteiger partial charge in [-0.25, -0.2) is 12.7 Å². The molecule has 1 heterocycles. The second-order valence-electron chi connectivity index (χ2n) is 8.17. The molecule has 5 nitrogen and oxygen atoms in total. The third-order valence-corrected chi connectivity index (χ3v) is 10.0. The monoisotopic (exact) mass is 355 g/mol. The van der Waals surface area contributed by atoms with E-state index in [1.54, 1.807) is 20.1 Å². The first-order valence-corrected chi connectivity index (χ1v) is 10.3. The first-order chi connectivity index (χ1) is 11.2. The molecule has 136 valence electrons. The number of ether oxygens (including phenoxy) is 1. The third kappa shape index (κ3) is 1.90. The number of amides is 1. The van der Waals surface area contributed by atoms with E-state index < -0.39 is 20.7 Å². The first-order valence-electron chi connectivity index (χ1n) is 8.88. The van der Waals surface area contributed by atoms with Crippen LogP contribution >= 0.6 is 0 Å². The molecule has 0 aromatic rings. The normalized spacial score (nSPS) is 37.4. The third-order valence-electron chi connectivity index (χ3n) is 7.15. The molecule has 3 rings (SSSR count). The van der Waals surface area contributed by atoms with Gasteiger partial charge in [-0.3, -0.25) is 4.79 Å². The van der Waals surface area contributed by atoms with Crippen molar-refractivity contribution in [1.82, 2.24) is 4.31 Å². The Kier molecular flexibility index (Phi) is 4.15. The van der Waals surface area contributed by atoms with Crippen molar-refractivity contribution in [3.8, 4) is 0 Å². The van der Waals surface area contributed by atoms with Crippen molar-refractivity contribution in [3.05, 3.63) is 12.7 Å². The highest BCUT2D eigenvalue weighted by atomic mass is 32.2. The number of hydrogen-bond acceptors (Lipinski definition) is 4. The molecule has 5 atom stereocenters. The Morgan fingerprint density at radius 3 is 2.67 bits per heavy atom. The van der Waals surface area contributed by atoms with Crippen molar-refractivity contribution in [3.63, 3.8) is 0 Å². The average Bonchev–Trinajstić information content (AvgIpc) is 2.91. The van der Waals surface area contributed by atoms with Crippen LogP contribution in [0, 0.1) is 17.3 Å². The number of nitrogens with zero attached hydrogens (tertiary/aromatic N) is 1. The van der Waals surface area contributed by atoms with Crippen LogP contribution in [0.15, 0.2) is 12.7 Å². The molecule has 2 aliphatic carbocycles. The molecule has 1 aliphatic heterocycles. The maximum Gasteiger partial charge on any atom is 0.246 e. The highest BCUT2D eigenvalue weighted by Gasteiger charge is 2.81. The van der Waals surface area contributed by atoms with Crippen molar-refractivity contribution in [2.75, 3.05) is 7.11 Å². The minimum absolute atomic E-state index is 0.150. The Hall–Kier alpha value is -0.880. The van der Waals surface area contributed by atoms with Crippen molar-refractivity contribution in [2.24, 2.45) is 17.3 Å². The lowest BCUT2D eigenvalue weighted by molar-refractivity contribution is -0.139. The molecule has 2 bridgehead atoms. The highest BCUT2D eigenvalue weighted by molar-refractivity contribution is 7.92. The summed E-state index contributed by atoms with van der Waals surface area (Å²) in [7, 11) is -2.00. The van der Waals surface area contributed by atoms with Crippen molar-refractivity contribution >= 4 is 15.9 Å². The lowest BCUT2D eigenvalue weighted by atomic mass is 9.80. The van der Waals surface area contributed by atoms with E-state index in [4.69, 9.17) is 4.74 Å². The van der Waals surface area contributed by atoms with Crippen LogP contribution in [0.25, 0.3) is 0 Å². The Balaban J connectivity index is 1.85. The zero-order valence-electron chi connectivity index (χ0n) is 15.1. The van der Waals surface area contributed by atoms with Crippen LogP contribution in [0.5, 0.6) is 0 Å². The van der Waals surface area contributed by atoms with Gasteiger partial charge in [0.1, 0.15) is 4.75 Å². The molecule has 0 aromatic carbocycles. The smallest absolute Gasteiger partial charge is 0.246 e. The Morgan fingerprint density at radius 1 is 1.46 bits per heavy atom. The Bertz CT molecular complexity index is 656. The van der Waals surface area contributed by atoms with Crippen LogP contribution < -0.4 is 0 Å². The van der Waals surface area contributed by atoms with Gasteiger partial charge in [-0.05, 0) is 43.4 Å². The zero-order valence-corrected chi connectivity index (χ0v) is 15.9. The fraction of sp³-hybridized carbons (Fsp3) is 0.833. The van der Waals surface area contributed by atoms with E-state index in [9.17, 15) is 13.2 Å². The predicted octanol–water partition coefficient (Wildman–Crippen LogP) is 2.72. The lowest BCUT2D eigenvalue weighted by Gasteiger charge is -2.56. The summed E-state index contributed by atoms with van der Waals surface area (Å²) in [4.78, 5) is 13.0. The second-order valence-corrected chi connectivity index (χ2v) is 10.2. The van der Waals surface area contributed by atoms with Gasteiger partial charge in [-0.1, -0.05) is 26.8 Å². The zero-order chi connectivity index (χ0) is 17.9. The molecular weight excluding hydrogens is 326 g/mol. The minimum atomic E-state index is -3.58. The topological polar surface area (TPSA) is 63.7 Å². The Morgan fingerprint density at radius 2 is 2.12 bits per heavy atom. The summed E-state index contributed by atoms with van der Waals surface area (Å²) in [6.07, 6.45) is 5.39. The molecule has 6 heteroatoms. The number of rotatable bonds is 6. The van der Waals surface area contributed by atoms with Gasteiger partial charge in [0.05, 0.1) is 18.1 Å². The van der Waals surface area contributed by atoms with E-state index in [1.165, 1.54) is 4.31 Å². The van der Waals surface area contributed by atoms with E-state index in [0.29, 0.717) is 18.8 Å². The number of carbonyl (C=O) groups is 1. The number of fused-ring (bicyclic) bond motifs is 1. The highest BCUT2D eigenvalue weighted by Crippen LogP contribution is 2.70.